The van der Waals surface area contributed by atoms with Gasteiger partial charge >= 0.3 is 17.9 Å². The molecule has 0 aromatic heterocycles. The molecule has 6 nitrogen and oxygen atoms in total. The average Bonchev–Trinajstić information content (AvgIpc) is 3.17. The standard InChI is InChI=1S/C49H94O6/c1-5-7-9-11-13-15-17-21-26-30-34-38-42-49(52)55-46(43-53-47(50)40-36-32-28-24-19-16-14-12-10-8-6-2)44-54-48(51)41-37-33-29-25-22-18-20-23-27-31-35-39-45(3)4/h45-46H,5-44H2,1-4H3/t46-/m1/s1. The summed E-state index contributed by atoms with van der Waals surface area (Å²) in [6.45, 7) is 9.00. The molecule has 0 bridgehead atoms. The fourth-order valence-electron chi connectivity index (χ4n) is 7.33. The molecule has 1 atom stereocenters. The fraction of sp³-hybridized carbons (Fsp3) is 0.939. The van der Waals surface area contributed by atoms with Gasteiger partial charge in [0.25, 0.3) is 0 Å². The lowest BCUT2D eigenvalue weighted by molar-refractivity contribution is -0.167. The van der Waals surface area contributed by atoms with Crippen LogP contribution >= 0.6 is 0 Å². The zero-order chi connectivity index (χ0) is 40.3. The summed E-state index contributed by atoms with van der Waals surface area (Å²) in [5.74, 6) is -0.0225. The van der Waals surface area contributed by atoms with Gasteiger partial charge in [-0.1, -0.05) is 233 Å². The van der Waals surface area contributed by atoms with Crippen LogP contribution in [-0.2, 0) is 28.6 Å². The summed E-state index contributed by atoms with van der Waals surface area (Å²) < 4.78 is 16.8. The zero-order valence-corrected chi connectivity index (χ0v) is 37.4. The van der Waals surface area contributed by atoms with Crippen molar-refractivity contribution in [2.45, 2.75) is 278 Å². The van der Waals surface area contributed by atoms with Crippen molar-refractivity contribution in [1.29, 1.82) is 0 Å². The topological polar surface area (TPSA) is 78.9 Å². The Morgan fingerprint density at radius 1 is 0.345 bits per heavy atom. The minimum atomic E-state index is -0.759. The number of hydrogen-bond acceptors (Lipinski definition) is 6. The Morgan fingerprint density at radius 3 is 0.891 bits per heavy atom. The van der Waals surface area contributed by atoms with E-state index in [0.717, 1.165) is 63.7 Å². The second-order valence-electron chi connectivity index (χ2n) is 17.2. The van der Waals surface area contributed by atoms with Gasteiger partial charge in [-0.15, -0.1) is 0 Å². The van der Waals surface area contributed by atoms with E-state index < -0.39 is 6.10 Å². The lowest BCUT2D eigenvalue weighted by atomic mass is 10.0. The Kier molecular flexibility index (Phi) is 42.3. The van der Waals surface area contributed by atoms with Gasteiger partial charge in [-0.3, -0.25) is 14.4 Å². The highest BCUT2D eigenvalue weighted by molar-refractivity contribution is 5.71. The van der Waals surface area contributed by atoms with Crippen LogP contribution in [0.3, 0.4) is 0 Å². The van der Waals surface area contributed by atoms with Gasteiger partial charge in [-0.05, 0) is 25.2 Å². The van der Waals surface area contributed by atoms with Gasteiger partial charge in [0.15, 0.2) is 6.10 Å². The van der Waals surface area contributed by atoms with Gasteiger partial charge in [-0.2, -0.15) is 0 Å². The number of esters is 3. The van der Waals surface area contributed by atoms with Crippen LogP contribution in [0.4, 0.5) is 0 Å². The van der Waals surface area contributed by atoms with Crippen molar-refractivity contribution in [3.05, 3.63) is 0 Å². The van der Waals surface area contributed by atoms with Crippen LogP contribution in [-0.4, -0.2) is 37.2 Å². The molecular formula is C49H94O6. The normalized spacial score (nSPS) is 11.9. The SMILES string of the molecule is CCCCCCCCCCCCCCC(=O)O[C@H](COC(=O)CCCCCCCCCCCCC)COC(=O)CCCCCCCCCCCCCC(C)C. The number of carbonyl (C=O) groups is 3. The first-order chi connectivity index (χ1) is 26.9. The Hall–Kier alpha value is -1.59. The number of hydrogen-bond donors (Lipinski definition) is 0. The number of carbonyl (C=O) groups excluding carboxylic acids is 3. The summed E-state index contributed by atoms with van der Waals surface area (Å²) in [5.41, 5.74) is 0. The van der Waals surface area contributed by atoms with E-state index in [2.05, 4.69) is 27.7 Å². The number of rotatable bonds is 44. The second-order valence-corrected chi connectivity index (χ2v) is 17.2. The van der Waals surface area contributed by atoms with E-state index in [1.807, 2.05) is 0 Å². The molecule has 0 spiro atoms. The van der Waals surface area contributed by atoms with Crippen molar-refractivity contribution in [3.63, 3.8) is 0 Å². The van der Waals surface area contributed by atoms with Crippen molar-refractivity contribution in [2.24, 2.45) is 5.92 Å². The Bertz CT molecular complexity index is 826. The van der Waals surface area contributed by atoms with E-state index in [4.69, 9.17) is 14.2 Å². The van der Waals surface area contributed by atoms with Crippen molar-refractivity contribution < 1.29 is 28.6 Å². The lowest BCUT2D eigenvalue weighted by Gasteiger charge is -2.18. The summed E-state index contributed by atoms with van der Waals surface area (Å²) in [7, 11) is 0. The summed E-state index contributed by atoms with van der Waals surface area (Å²) in [6, 6.07) is 0. The first kappa shape index (κ1) is 53.4. The van der Waals surface area contributed by atoms with Crippen LogP contribution in [0.1, 0.15) is 272 Å². The van der Waals surface area contributed by atoms with Crippen molar-refractivity contribution in [1.82, 2.24) is 0 Å². The molecule has 55 heavy (non-hydrogen) atoms. The molecule has 0 fully saturated rings. The molecule has 0 aliphatic heterocycles. The predicted molar refractivity (Wildman–Crippen MR) is 233 cm³/mol. The monoisotopic (exact) mass is 779 g/mol. The summed E-state index contributed by atoms with van der Waals surface area (Å²) in [6.07, 6.45) is 43.6. The molecule has 0 unspecified atom stereocenters. The van der Waals surface area contributed by atoms with Gasteiger partial charge < -0.3 is 14.2 Å². The molecule has 6 heteroatoms. The largest absolute Gasteiger partial charge is 0.462 e. The quantitative estimate of drug-likeness (QED) is 0.0348. The molecule has 0 saturated carbocycles. The van der Waals surface area contributed by atoms with E-state index in [0.29, 0.717) is 19.3 Å². The first-order valence-corrected chi connectivity index (χ1v) is 24.4. The zero-order valence-electron chi connectivity index (χ0n) is 37.4. The molecular weight excluding hydrogens is 685 g/mol. The summed E-state index contributed by atoms with van der Waals surface area (Å²) in [5, 5.41) is 0. The molecule has 0 aromatic carbocycles. The maximum atomic E-state index is 12.7. The Balaban J connectivity index is 4.31. The summed E-state index contributed by atoms with van der Waals surface area (Å²) in [4.78, 5) is 37.8. The van der Waals surface area contributed by atoms with Crippen LogP contribution in [0.25, 0.3) is 0 Å². The van der Waals surface area contributed by atoms with E-state index >= 15 is 0 Å². The Labute approximate surface area is 342 Å². The molecule has 0 saturated heterocycles. The van der Waals surface area contributed by atoms with Gasteiger partial charge in [0.2, 0.25) is 0 Å². The first-order valence-electron chi connectivity index (χ1n) is 24.4. The highest BCUT2D eigenvalue weighted by Crippen LogP contribution is 2.16. The minimum Gasteiger partial charge on any atom is -0.462 e. The molecule has 0 aliphatic carbocycles. The highest BCUT2D eigenvalue weighted by Gasteiger charge is 2.19. The highest BCUT2D eigenvalue weighted by atomic mass is 16.6. The van der Waals surface area contributed by atoms with Crippen molar-refractivity contribution >= 4 is 17.9 Å². The van der Waals surface area contributed by atoms with Gasteiger partial charge in [0.1, 0.15) is 13.2 Å². The van der Waals surface area contributed by atoms with Gasteiger partial charge in [0.05, 0.1) is 0 Å². The maximum absolute atomic E-state index is 12.7. The lowest BCUT2D eigenvalue weighted by Crippen LogP contribution is -2.30. The maximum Gasteiger partial charge on any atom is 0.306 e. The smallest absolute Gasteiger partial charge is 0.306 e. The van der Waals surface area contributed by atoms with Crippen LogP contribution < -0.4 is 0 Å². The van der Waals surface area contributed by atoms with Crippen LogP contribution in [0.5, 0.6) is 0 Å². The van der Waals surface area contributed by atoms with Crippen molar-refractivity contribution in [3.8, 4) is 0 Å². The molecule has 0 amide bonds. The molecule has 0 N–H and O–H groups in total. The van der Waals surface area contributed by atoms with Crippen LogP contribution in [0.15, 0.2) is 0 Å². The third kappa shape index (κ3) is 43.4. The van der Waals surface area contributed by atoms with Crippen LogP contribution in [0.2, 0.25) is 0 Å². The van der Waals surface area contributed by atoms with Crippen LogP contribution in [0, 0.1) is 5.92 Å². The van der Waals surface area contributed by atoms with Gasteiger partial charge in [0, 0.05) is 19.3 Å². The fourth-order valence-corrected chi connectivity index (χ4v) is 7.33. The van der Waals surface area contributed by atoms with Crippen molar-refractivity contribution in [2.75, 3.05) is 13.2 Å². The molecule has 0 aliphatic rings. The third-order valence-electron chi connectivity index (χ3n) is 11.0. The summed E-state index contributed by atoms with van der Waals surface area (Å²) >= 11 is 0. The van der Waals surface area contributed by atoms with Gasteiger partial charge in [-0.25, -0.2) is 0 Å². The van der Waals surface area contributed by atoms with E-state index in [9.17, 15) is 14.4 Å². The Morgan fingerprint density at radius 2 is 0.600 bits per heavy atom. The number of unbranched alkanes of at least 4 members (excludes halogenated alkanes) is 31. The van der Waals surface area contributed by atoms with E-state index in [1.165, 1.54) is 167 Å². The molecule has 0 rings (SSSR count). The van der Waals surface area contributed by atoms with E-state index in [-0.39, 0.29) is 31.1 Å². The molecule has 0 aromatic rings. The predicted octanol–water partition coefficient (Wildman–Crippen LogP) is 15.5. The number of ether oxygens (including phenoxy) is 3. The minimum absolute atomic E-state index is 0.0632. The molecule has 0 radical (unpaired) electrons. The third-order valence-corrected chi connectivity index (χ3v) is 11.0. The second kappa shape index (κ2) is 43.5. The molecule has 0 heterocycles. The molecule has 326 valence electrons. The van der Waals surface area contributed by atoms with E-state index in [1.54, 1.807) is 0 Å². The average molecular weight is 779 g/mol.